The van der Waals surface area contributed by atoms with E-state index in [0.29, 0.717) is 12.1 Å². The number of esters is 1. The van der Waals surface area contributed by atoms with Crippen LogP contribution in [0.5, 0.6) is 0 Å². The number of nitrogens with zero attached hydrogens (tertiary/aromatic N) is 1. The number of rotatable bonds is 2. The van der Waals surface area contributed by atoms with Gasteiger partial charge in [0.05, 0.1) is 18.2 Å². The Morgan fingerprint density at radius 3 is 2.23 bits per heavy atom. The standard InChI is InChI=1S/C12H6BrF5N2O2/c1-22-11(21)4-2-5(14)7(6(15)3-4)10-19-8(9(13)20-10)12(16,17)18/h2-3H,1H3,(H,19,20). The number of carbonyl (C=O) groups excluding carboxylic acids is 1. The Labute approximate surface area is 128 Å². The van der Waals surface area contributed by atoms with Crippen LogP contribution in [0.25, 0.3) is 11.4 Å². The van der Waals surface area contributed by atoms with Gasteiger partial charge in [0.2, 0.25) is 0 Å². The molecular weight excluding hydrogens is 379 g/mol. The van der Waals surface area contributed by atoms with Gasteiger partial charge in [-0.15, -0.1) is 0 Å². The summed E-state index contributed by atoms with van der Waals surface area (Å²) in [5, 5.41) is 0. The van der Waals surface area contributed by atoms with Gasteiger partial charge in [0.1, 0.15) is 22.1 Å². The fraction of sp³-hybridized carbons (Fsp3) is 0.167. The van der Waals surface area contributed by atoms with Gasteiger partial charge in [0, 0.05) is 0 Å². The number of aromatic nitrogens is 2. The van der Waals surface area contributed by atoms with Gasteiger partial charge in [-0.1, -0.05) is 0 Å². The van der Waals surface area contributed by atoms with Crippen molar-refractivity contribution in [2.75, 3.05) is 7.11 Å². The Kier molecular flexibility index (Phi) is 4.23. The first-order chi connectivity index (χ1) is 10.1. The van der Waals surface area contributed by atoms with E-state index in [4.69, 9.17) is 0 Å². The zero-order valence-electron chi connectivity index (χ0n) is 10.7. The molecule has 0 amide bonds. The first-order valence-electron chi connectivity index (χ1n) is 5.55. The number of hydrogen-bond acceptors (Lipinski definition) is 3. The van der Waals surface area contributed by atoms with Gasteiger partial charge in [0.15, 0.2) is 5.69 Å². The summed E-state index contributed by atoms with van der Waals surface area (Å²) < 4.78 is 69.5. The second kappa shape index (κ2) is 5.67. The van der Waals surface area contributed by atoms with Crippen LogP contribution >= 0.6 is 15.9 Å². The largest absolute Gasteiger partial charge is 0.465 e. The zero-order valence-corrected chi connectivity index (χ0v) is 12.3. The van der Waals surface area contributed by atoms with Crippen molar-refractivity contribution < 1.29 is 31.5 Å². The molecular formula is C12H6BrF5N2O2. The molecule has 0 aliphatic carbocycles. The maximum Gasteiger partial charge on any atom is 0.433 e. The molecule has 0 fully saturated rings. The van der Waals surface area contributed by atoms with Crippen molar-refractivity contribution in [3.05, 3.63) is 39.6 Å². The van der Waals surface area contributed by atoms with Crippen molar-refractivity contribution in [3.63, 3.8) is 0 Å². The molecule has 4 nitrogen and oxygen atoms in total. The summed E-state index contributed by atoms with van der Waals surface area (Å²) in [6.45, 7) is 0. The number of ether oxygens (including phenoxy) is 1. The minimum absolute atomic E-state index is 0.414. The van der Waals surface area contributed by atoms with Gasteiger partial charge < -0.3 is 9.72 Å². The summed E-state index contributed by atoms with van der Waals surface area (Å²) in [7, 11) is 1.02. The third-order valence-corrected chi connectivity index (χ3v) is 3.22. The zero-order chi connectivity index (χ0) is 16.7. The van der Waals surface area contributed by atoms with E-state index in [0.717, 1.165) is 7.11 Å². The summed E-state index contributed by atoms with van der Waals surface area (Å²) in [6, 6.07) is 1.29. The Morgan fingerprint density at radius 2 is 1.82 bits per heavy atom. The molecule has 0 saturated carbocycles. The number of imidazole rings is 1. The number of aromatic amines is 1. The molecule has 0 atom stereocenters. The molecule has 0 unspecified atom stereocenters. The fourth-order valence-electron chi connectivity index (χ4n) is 1.69. The highest BCUT2D eigenvalue weighted by Gasteiger charge is 2.37. The second-order valence-corrected chi connectivity index (χ2v) is 4.81. The lowest BCUT2D eigenvalue weighted by Crippen LogP contribution is -2.06. The number of H-pyrrole nitrogens is 1. The Bertz CT molecular complexity index is 719. The molecule has 118 valence electrons. The maximum absolute atomic E-state index is 13.9. The molecule has 0 aliphatic heterocycles. The minimum Gasteiger partial charge on any atom is -0.465 e. The van der Waals surface area contributed by atoms with Crippen LogP contribution in [-0.2, 0) is 10.9 Å². The fourth-order valence-corrected chi connectivity index (χ4v) is 2.19. The van der Waals surface area contributed by atoms with Crippen LogP contribution in [0.4, 0.5) is 22.0 Å². The Hall–Kier alpha value is -1.97. The molecule has 1 heterocycles. The van der Waals surface area contributed by atoms with Crippen LogP contribution in [0.2, 0.25) is 0 Å². The van der Waals surface area contributed by atoms with Crippen molar-refractivity contribution in [2.45, 2.75) is 6.18 Å². The van der Waals surface area contributed by atoms with Gasteiger partial charge in [-0.3, -0.25) is 0 Å². The SMILES string of the molecule is COC(=O)c1cc(F)c(-c2nc(Br)c(C(F)(F)F)[nH]2)c(F)c1. The van der Waals surface area contributed by atoms with E-state index in [1.807, 2.05) is 0 Å². The number of benzene rings is 1. The quantitative estimate of drug-likeness (QED) is 0.630. The number of carbonyl (C=O) groups is 1. The predicted molar refractivity (Wildman–Crippen MR) is 68.0 cm³/mol. The molecule has 0 saturated heterocycles. The number of alkyl halides is 3. The molecule has 22 heavy (non-hydrogen) atoms. The van der Waals surface area contributed by atoms with Gasteiger partial charge in [-0.05, 0) is 28.1 Å². The highest BCUT2D eigenvalue weighted by Crippen LogP contribution is 2.36. The normalized spacial score (nSPS) is 11.6. The highest BCUT2D eigenvalue weighted by atomic mass is 79.9. The van der Waals surface area contributed by atoms with E-state index in [2.05, 4.69) is 25.7 Å². The Morgan fingerprint density at radius 1 is 1.27 bits per heavy atom. The van der Waals surface area contributed by atoms with Crippen LogP contribution in [0, 0.1) is 11.6 Å². The first-order valence-corrected chi connectivity index (χ1v) is 6.35. The summed E-state index contributed by atoms with van der Waals surface area (Å²) >= 11 is 2.57. The second-order valence-electron chi connectivity index (χ2n) is 4.06. The number of methoxy groups -OCH3 is 1. The van der Waals surface area contributed by atoms with Gasteiger partial charge >= 0.3 is 12.1 Å². The smallest absolute Gasteiger partial charge is 0.433 e. The van der Waals surface area contributed by atoms with Crippen LogP contribution in [0.1, 0.15) is 16.1 Å². The van der Waals surface area contributed by atoms with Gasteiger partial charge in [-0.25, -0.2) is 18.6 Å². The van der Waals surface area contributed by atoms with Crippen LogP contribution in [0.15, 0.2) is 16.7 Å². The summed E-state index contributed by atoms with van der Waals surface area (Å²) in [5.74, 6) is -4.16. The average molecular weight is 385 g/mol. The lowest BCUT2D eigenvalue weighted by Gasteiger charge is -2.05. The highest BCUT2D eigenvalue weighted by molar-refractivity contribution is 9.10. The van der Waals surface area contributed by atoms with E-state index in [1.54, 1.807) is 4.98 Å². The molecule has 0 aliphatic rings. The monoisotopic (exact) mass is 384 g/mol. The molecule has 1 aromatic carbocycles. The number of nitrogens with one attached hydrogen (secondary N) is 1. The molecule has 2 aromatic rings. The number of halogens is 6. The molecule has 0 radical (unpaired) electrons. The van der Waals surface area contributed by atoms with Crippen molar-refractivity contribution in [1.29, 1.82) is 0 Å². The van der Waals surface area contributed by atoms with Crippen molar-refractivity contribution in [2.24, 2.45) is 0 Å². The lowest BCUT2D eigenvalue weighted by molar-refractivity contribution is -0.141. The Balaban J connectivity index is 2.57. The van der Waals surface area contributed by atoms with Gasteiger partial charge in [-0.2, -0.15) is 13.2 Å². The number of hydrogen-bond donors (Lipinski definition) is 1. The summed E-state index contributed by atoms with van der Waals surface area (Å²) in [4.78, 5) is 16.4. The van der Waals surface area contributed by atoms with E-state index in [9.17, 15) is 26.7 Å². The predicted octanol–water partition coefficient (Wildman–Crippen LogP) is 3.92. The van der Waals surface area contributed by atoms with E-state index >= 15 is 0 Å². The molecule has 0 bridgehead atoms. The molecule has 0 spiro atoms. The molecule has 1 N–H and O–H groups in total. The third-order valence-electron chi connectivity index (χ3n) is 2.64. The third kappa shape index (κ3) is 2.96. The first kappa shape index (κ1) is 16.4. The molecule has 2 rings (SSSR count). The topological polar surface area (TPSA) is 55.0 Å². The summed E-state index contributed by atoms with van der Waals surface area (Å²) in [6.07, 6.45) is -4.77. The van der Waals surface area contributed by atoms with Crippen LogP contribution in [0.3, 0.4) is 0 Å². The lowest BCUT2D eigenvalue weighted by atomic mass is 10.1. The van der Waals surface area contributed by atoms with Gasteiger partial charge in [0.25, 0.3) is 0 Å². The molecule has 10 heteroatoms. The van der Waals surface area contributed by atoms with Crippen molar-refractivity contribution in [1.82, 2.24) is 9.97 Å². The van der Waals surface area contributed by atoms with E-state index in [1.165, 1.54) is 0 Å². The van der Waals surface area contributed by atoms with Crippen molar-refractivity contribution in [3.8, 4) is 11.4 Å². The summed E-state index contributed by atoms with van der Waals surface area (Å²) in [5.41, 5.74) is -2.51. The van der Waals surface area contributed by atoms with Crippen LogP contribution < -0.4 is 0 Å². The average Bonchev–Trinajstić information content (AvgIpc) is 2.78. The van der Waals surface area contributed by atoms with Crippen molar-refractivity contribution >= 4 is 21.9 Å². The maximum atomic E-state index is 13.9. The van der Waals surface area contributed by atoms with E-state index < -0.39 is 51.0 Å². The molecule has 1 aromatic heterocycles. The van der Waals surface area contributed by atoms with Crippen LogP contribution in [-0.4, -0.2) is 23.0 Å². The minimum atomic E-state index is -4.77. The van der Waals surface area contributed by atoms with E-state index in [-0.39, 0.29) is 0 Å².